The van der Waals surface area contributed by atoms with Crippen molar-refractivity contribution in [1.82, 2.24) is 5.01 Å². The Kier molecular flexibility index (Phi) is 2.41. The quantitative estimate of drug-likeness (QED) is 0.693. The highest BCUT2D eigenvalue weighted by molar-refractivity contribution is 6.31. The van der Waals surface area contributed by atoms with Gasteiger partial charge >= 0.3 is 0 Å². The second kappa shape index (κ2) is 3.99. The Hall–Kier alpha value is -1.02. The zero-order chi connectivity index (χ0) is 12.1. The maximum absolute atomic E-state index is 6.46. The summed E-state index contributed by atoms with van der Waals surface area (Å²) in [4.78, 5) is 0. The van der Waals surface area contributed by atoms with Crippen LogP contribution in [0.15, 0.2) is 23.3 Å². The molecule has 2 atom stereocenters. The van der Waals surface area contributed by atoms with Gasteiger partial charge in [-0.25, -0.2) is 0 Å². The zero-order valence-electron chi connectivity index (χ0n) is 10.4. The zero-order valence-corrected chi connectivity index (χ0v) is 11.2. The van der Waals surface area contributed by atoms with E-state index < -0.39 is 0 Å². The second-order valence-corrected chi connectivity index (χ2v) is 6.02. The lowest BCUT2D eigenvalue weighted by Crippen LogP contribution is -2.33. The van der Waals surface area contributed by atoms with Gasteiger partial charge in [-0.3, -0.25) is 5.01 Å². The SMILES string of the molecule is Clc1cccc2c1[C@H]1[C@H]3CCCCC3=NN1CC2. The van der Waals surface area contributed by atoms with Crippen LogP contribution in [0.4, 0.5) is 0 Å². The molecule has 1 aromatic rings. The first-order valence-corrected chi connectivity index (χ1v) is 7.34. The lowest BCUT2D eigenvalue weighted by atomic mass is 9.78. The van der Waals surface area contributed by atoms with Crippen molar-refractivity contribution in [3.05, 3.63) is 34.3 Å². The minimum absolute atomic E-state index is 0.428. The van der Waals surface area contributed by atoms with E-state index in [2.05, 4.69) is 17.1 Å². The van der Waals surface area contributed by atoms with E-state index in [1.807, 2.05) is 6.07 Å². The maximum Gasteiger partial charge on any atom is 0.0818 e. The van der Waals surface area contributed by atoms with Crippen molar-refractivity contribution >= 4 is 17.3 Å². The van der Waals surface area contributed by atoms with Crippen molar-refractivity contribution in [3.8, 4) is 0 Å². The number of hydrogen-bond donors (Lipinski definition) is 0. The summed E-state index contributed by atoms with van der Waals surface area (Å²) in [5.41, 5.74) is 4.22. The first-order chi connectivity index (χ1) is 8.84. The van der Waals surface area contributed by atoms with Gasteiger partial charge in [-0.1, -0.05) is 30.2 Å². The maximum atomic E-state index is 6.46. The monoisotopic (exact) mass is 260 g/mol. The fourth-order valence-corrected chi connectivity index (χ4v) is 4.13. The minimum Gasteiger partial charge on any atom is -0.289 e. The molecule has 2 nitrogen and oxygen atoms in total. The van der Waals surface area contributed by atoms with E-state index in [4.69, 9.17) is 16.7 Å². The van der Waals surface area contributed by atoms with Gasteiger partial charge in [0.25, 0.3) is 0 Å². The van der Waals surface area contributed by atoms with Crippen LogP contribution in [-0.4, -0.2) is 17.3 Å². The highest BCUT2D eigenvalue weighted by Crippen LogP contribution is 2.47. The predicted molar refractivity (Wildman–Crippen MR) is 74.0 cm³/mol. The standard InChI is InChI=1S/C15H17ClN2/c16-12-6-3-4-10-8-9-18-15(14(10)12)11-5-1-2-7-13(11)17-18/h3-4,6,11,15H,1-2,5,7-9H2/t11-,15+/m0/s1. The molecule has 0 saturated heterocycles. The summed E-state index contributed by atoms with van der Waals surface area (Å²) in [6.07, 6.45) is 6.21. The molecule has 4 rings (SSSR count). The molecule has 0 unspecified atom stereocenters. The van der Waals surface area contributed by atoms with Gasteiger partial charge in [0.1, 0.15) is 0 Å². The number of nitrogens with zero attached hydrogens (tertiary/aromatic N) is 2. The van der Waals surface area contributed by atoms with E-state index in [1.165, 1.54) is 42.5 Å². The largest absolute Gasteiger partial charge is 0.289 e. The Morgan fingerprint density at radius 2 is 2.17 bits per heavy atom. The molecule has 1 saturated carbocycles. The van der Waals surface area contributed by atoms with Crippen LogP contribution in [0.5, 0.6) is 0 Å². The molecular formula is C15H17ClN2. The first-order valence-electron chi connectivity index (χ1n) is 6.96. The second-order valence-electron chi connectivity index (χ2n) is 5.61. The Morgan fingerprint density at radius 3 is 3.11 bits per heavy atom. The van der Waals surface area contributed by atoms with Gasteiger partial charge in [0.15, 0.2) is 0 Å². The van der Waals surface area contributed by atoms with Gasteiger partial charge in [-0.15, -0.1) is 0 Å². The van der Waals surface area contributed by atoms with Gasteiger partial charge in [0.2, 0.25) is 0 Å². The first kappa shape index (κ1) is 10.9. The van der Waals surface area contributed by atoms with Crippen LogP contribution in [0.3, 0.4) is 0 Å². The Bertz CT molecular complexity index is 523. The van der Waals surface area contributed by atoms with Crippen LogP contribution in [-0.2, 0) is 6.42 Å². The van der Waals surface area contributed by atoms with Gasteiger partial charge < -0.3 is 0 Å². The highest BCUT2D eigenvalue weighted by Gasteiger charge is 2.42. The molecule has 0 N–H and O–H groups in total. The van der Waals surface area contributed by atoms with Crippen molar-refractivity contribution in [3.63, 3.8) is 0 Å². The molecule has 0 spiro atoms. The van der Waals surface area contributed by atoms with E-state index in [0.717, 1.165) is 18.0 Å². The fourth-order valence-electron chi connectivity index (χ4n) is 3.83. The van der Waals surface area contributed by atoms with E-state index in [-0.39, 0.29) is 0 Å². The normalized spacial score (nSPS) is 29.4. The van der Waals surface area contributed by atoms with E-state index in [9.17, 15) is 0 Å². The molecule has 1 fully saturated rings. The highest BCUT2D eigenvalue weighted by atomic mass is 35.5. The van der Waals surface area contributed by atoms with Crippen LogP contribution < -0.4 is 0 Å². The Balaban J connectivity index is 1.82. The number of halogens is 1. The average molecular weight is 261 g/mol. The van der Waals surface area contributed by atoms with Crippen LogP contribution in [0.25, 0.3) is 0 Å². The number of hydrogen-bond acceptors (Lipinski definition) is 2. The van der Waals surface area contributed by atoms with Gasteiger partial charge in [-0.2, -0.15) is 5.10 Å². The third-order valence-electron chi connectivity index (χ3n) is 4.63. The third kappa shape index (κ3) is 1.45. The molecule has 0 bridgehead atoms. The molecule has 0 radical (unpaired) electrons. The molecule has 0 amide bonds. The molecule has 18 heavy (non-hydrogen) atoms. The smallest absolute Gasteiger partial charge is 0.0818 e. The Morgan fingerprint density at radius 1 is 1.22 bits per heavy atom. The van der Waals surface area contributed by atoms with Crippen molar-refractivity contribution in [2.45, 2.75) is 38.1 Å². The van der Waals surface area contributed by atoms with E-state index >= 15 is 0 Å². The summed E-state index contributed by atoms with van der Waals surface area (Å²) in [5, 5.41) is 8.10. The summed E-state index contributed by atoms with van der Waals surface area (Å²) in [6.45, 7) is 1.05. The topological polar surface area (TPSA) is 15.6 Å². The fraction of sp³-hybridized carbons (Fsp3) is 0.533. The summed E-state index contributed by atoms with van der Waals surface area (Å²) in [5.74, 6) is 0.623. The van der Waals surface area contributed by atoms with Gasteiger partial charge in [0, 0.05) is 23.2 Å². The molecule has 3 heteroatoms. The van der Waals surface area contributed by atoms with Gasteiger partial charge in [0.05, 0.1) is 6.04 Å². The van der Waals surface area contributed by atoms with Crippen LogP contribution in [0.2, 0.25) is 5.02 Å². The molecule has 1 aromatic carbocycles. The van der Waals surface area contributed by atoms with Gasteiger partial charge in [-0.05, 0) is 42.9 Å². The van der Waals surface area contributed by atoms with Crippen molar-refractivity contribution in [1.29, 1.82) is 0 Å². The Labute approximate surface area is 113 Å². The van der Waals surface area contributed by atoms with E-state index in [0.29, 0.717) is 12.0 Å². The van der Waals surface area contributed by atoms with Crippen LogP contribution in [0.1, 0.15) is 42.9 Å². The number of hydrazone groups is 1. The summed E-state index contributed by atoms with van der Waals surface area (Å²) in [7, 11) is 0. The van der Waals surface area contributed by atoms with Crippen molar-refractivity contribution in [2.24, 2.45) is 11.0 Å². The summed E-state index contributed by atoms with van der Waals surface area (Å²) >= 11 is 6.46. The van der Waals surface area contributed by atoms with Crippen LogP contribution >= 0.6 is 11.6 Å². The summed E-state index contributed by atoms with van der Waals surface area (Å²) < 4.78 is 0. The number of fused-ring (bicyclic) bond motifs is 5. The molecular weight excluding hydrogens is 244 g/mol. The molecule has 3 aliphatic rings. The number of rotatable bonds is 0. The minimum atomic E-state index is 0.428. The van der Waals surface area contributed by atoms with Crippen molar-refractivity contribution < 1.29 is 0 Å². The van der Waals surface area contributed by atoms with Crippen molar-refractivity contribution in [2.75, 3.05) is 6.54 Å². The lowest BCUT2D eigenvalue weighted by molar-refractivity contribution is 0.184. The molecule has 2 heterocycles. The summed E-state index contributed by atoms with van der Waals surface area (Å²) in [6, 6.07) is 6.77. The number of benzene rings is 1. The lowest BCUT2D eigenvalue weighted by Gasteiger charge is -2.35. The molecule has 94 valence electrons. The third-order valence-corrected chi connectivity index (χ3v) is 4.96. The molecule has 2 aliphatic heterocycles. The van der Waals surface area contributed by atoms with E-state index in [1.54, 1.807) is 0 Å². The average Bonchev–Trinajstić information content (AvgIpc) is 2.77. The molecule has 1 aliphatic carbocycles. The molecule has 0 aromatic heterocycles. The predicted octanol–water partition coefficient (Wildman–Crippen LogP) is 3.80. The van der Waals surface area contributed by atoms with Crippen LogP contribution in [0, 0.1) is 5.92 Å².